The monoisotopic (exact) mass is 396 g/mol. The molecule has 2 aromatic rings. The lowest BCUT2D eigenvalue weighted by atomic mass is 10.1. The molecule has 0 saturated carbocycles. The molecule has 0 aliphatic carbocycles. The molecule has 2 aliphatic rings. The van der Waals surface area contributed by atoms with Crippen LogP contribution < -0.4 is 29.7 Å². The summed E-state index contributed by atoms with van der Waals surface area (Å²) in [6, 6.07) is 14.2. The molecule has 2 heterocycles. The van der Waals surface area contributed by atoms with E-state index >= 15 is 0 Å². The van der Waals surface area contributed by atoms with Crippen molar-refractivity contribution >= 4 is 11.6 Å². The van der Waals surface area contributed by atoms with Crippen LogP contribution in [0.5, 0.6) is 17.2 Å². The van der Waals surface area contributed by atoms with Gasteiger partial charge in [0.2, 0.25) is 6.79 Å². The number of nitrogens with one attached hydrogen (secondary N) is 2. The number of nitrogens with zero attached hydrogens (tertiary/aromatic N) is 2. The standard InChI is InChI=1S/C22H28N4O3/c1-23-22(24-12-16-7-8-20-21(11-16)29-15-28-20)25-13-17-9-10-26(14-17)18-5-3-4-6-19(18)27-2/h3-8,11,17H,9-10,12-15H2,1-2H3,(H2,23,24,25). The van der Waals surface area contributed by atoms with Crippen molar-refractivity contribution in [1.29, 1.82) is 0 Å². The first-order valence-electron chi connectivity index (χ1n) is 9.98. The van der Waals surface area contributed by atoms with Gasteiger partial charge in [-0.15, -0.1) is 0 Å². The fraction of sp³-hybridized carbons (Fsp3) is 0.409. The normalized spacial score (nSPS) is 18.1. The van der Waals surface area contributed by atoms with Crippen molar-refractivity contribution in [2.24, 2.45) is 10.9 Å². The van der Waals surface area contributed by atoms with E-state index in [4.69, 9.17) is 14.2 Å². The Labute approximate surface area is 171 Å². The topological polar surface area (TPSA) is 67.4 Å². The minimum Gasteiger partial charge on any atom is -0.495 e. The van der Waals surface area contributed by atoms with Crippen LogP contribution in [-0.4, -0.2) is 46.5 Å². The molecule has 0 bridgehead atoms. The molecular formula is C22H28N4O3. The number of methoxy groups -OCH3 is 1. The first kappa shape index (κ1) is 19.2. The van der Waals surface area contributed by atoms with Crippen LogP contribution in [0.1, 0.15) is 12.0 Å². The number of benzene rings is 2. The van der Waals surface area contributed by atoms with E-state index in [1.807, 2.05) is 30.3 Å². The van der Waals surface area contributed by atoms with Crippen molar-refractivity contribution < 1.29 is 14.2 Å². The van der Waals surface area contributed by atoms with Gasteiger partial charge < -0.3 is 29.7 Å². The number of ether oxygens (including phenoxy) is 3. The molecule has 0 amide bonds. The molecule has 0 radical (unpaired) electrons. The van der Waals surface area contributed by atoms with E-state index < -0.39 is 0 Å². The van der Waals surface area contributed by atoms with E-state index in [0.29, 0.717) is 19.3 Å². The maximum atomic E-state index is 5.51. The molecule has 154 valence electrons. The SMILES string of the molecule is CN=C(NCc1ccc2c(c1)OCO2)NCC1CCN(c2ccccc2OC)C1. The zero-order valence-electron chi connectivity index (χ0n) is 17.0. The average Bonchev–Trinajstić information content (AvgIpc) is 3.43. The Morgan fingerprint density at radius 1 is 1.17 bits per heavy atom. The Kier molecular flexibility index (Phi) is 5.93. The Morgan fingerprint density at radius 3 is 2.90 bits per heavy atom. The first-order valence-corrected chi connectivity index (χ1v) is 9.98. The van der Waals surface area contributed by atoms with E-state index in [2.05, 4.69) is 32.7 Å². The number of guanidine groups is 1. The molecule has 0 spiro atoms. The summed E-state index contributed by atoms with van der Waals surface area (Å²) in [5.41, 5.74) is 2.29. The molecule has 1 saturated heterocycles. The lowest BCUT2D eigenvalue weighted by Crippen LogP contribution is -2.39. The highest BCUT2D eigenvalue weighted by Crippen LogP contribution is 2.33. The van der Waals surface area contributed by atoms with Gasteiger partial charge in [-0.05, 0) is 42.2 Å². The van der Waals surface area contributed by atoms with Gasteiger partial charge in [-0.2, -0.15) is 0 Å². The summed E-state index contributed by atoms with van der Waals surface area (Å²) in [4.78, 5) is 6.74. The molecule has 2 aromatic carbocycles. The number of aliphatic imine (C=N–C) groups is 1. The minimum absolute atomic E-state index is 0.294. The molecule has 4 rings (SSSR count). The second kappa shape index (κ2) is 8.94. The van der Waals surface area contributed by atoms with E-state index in [1.54, 1.807) is 14.2 Å². The summed E-state index contributed by atoms with van der Waals surface area (Å²) in [6.07, 6.45) is 1.14. The Hall–Kier alpha value is -3.09. The summed E-state index contributed by atoms with van der Waals surface area (Å²) in [7, 11) is 3.52. The largest absolute Gasteiger partial charge is 0.495 e. The van der Waals surface area contributed by atoms with E-state index in [1.165, 1.54) is 5.69 Å². The molecule has 7 heteroatoms. The van der Waals surface area contributed by atoms with E-state index in [0.717, 1.165) is 54.8 Å². The predicted octanol–water partition coefficient (Wildman–Crippen LogP) is 2.62. The number of rotatable bonds is 6. The summed E-state index contributed by atoms with van der Waals surface area (Å²) in [5.74, 6) is 3.90. The Morgan fingerprint density at radius 2 is 2.03 bits per heavy atom. The summed E-state index contributed by atoms with van der Waals surface area (Å²) in [6.45, 7) is 3.89. The highest BCUT2D eigenvalue weighted by atomic mass is 16.7. The second-order valence-electron chi connectivity index (χ2n) is 7.27. The third-order valence-electron chi connectivity index (χ3n) is 5.39. The summed E-state index contributed by atoms with van der Waals surface area (Å²) < 4.78 is 16.3. The fourth-order valence-corrected chi connectivity index (χ4v) is 3.81. The zero-order valence-corrected chi connectivity index (χ0v) is 17.0. The van der Waals surface area contributed by atoms with Crippen LogP contribution in [0.15, 0.2) is 47.5 Å². The van der Waals surface area contributed by atoms with Gasteiger partial charge in [0.25, 0.3) is 0 Å². The van der Waals surface area contributed by atoms with Crippen molar-refractivity contribution in [1.82, 2.24) is 10.6 Å². The predicted molar refractivity (Wildman–Crippen MR) is 114 cm³/mol. The lowest BCUT2D eigenvalue weighted by molar-refractivity contribution is 0.174. The number of hydrogen-bond acceptors (Lipinski definition) is 5. The van der Waals surface area contributed by atoms with Gasteiger partial charge in [0.1, 0.15) is 5.75 Å². The van der Waals surface area contributed by atoms with Gasteiger partial charge in [-0.25, -0.2) is 0 Å². The van der Waals surface area contributed by atoms with Crippen LogP contribution in [0.2, 0.25) is 0 Å². The smallest absolute Gasteiger partial charge is 0.231 e. The van der Waals surface area contributed by atoms with E-state index in [-0.39, 0.29) is 0 Å². The maximum Gasteiger partial charge on any atom is 0.231 e. The first-order chi connectivity index (χ1) is 14.3. The average molecular weight is 396 g/mol. The third-order valence-corrected chi connectivity index (χ3v) is 5.39. The van der Waals surface area contributed by atoms with Crippen LogP contribution in [0.25, 0.3) is 0 Å². The van der Waals surface area contributed by atoms with Crippen molar-refractivity contribution in [2.75, 3.05) is 45.5 Å². The quantitative estimate of drug-likeness (QED) is 0.578. The molecular weight excluding hydrogens is 368 g/mol. The van der Waals surface area contributed by atoms with E-state index in [9.17, 15) is 0 Å². The molecule has 2 N–H and O–H groups in total. The highest BCUT2D eigenvalue weighted by Gasteiger charge is 2.24. The van der Waals surface area contributed by atoms with Gasteiger partial charge in [0, 0.05) is 33.2 Å². The number of hydrogen-bond donors (Lipinski definition) is 2. The Bertz CT molecular complexity index is 871. The van der Waals surface area contributed by atoms with Crippen LogP contribution in [0, 0.1) is 5.92 Å². The van der Waals surface area contributed by atoms with Gasteiger partial charge in [-0.3, -0.25) is 4.99 Å². The Balaban J connectivity index is 1.26. The van der Waals surface area contributed by atoms with Crippen LogP contribution in [-0.2, 0) is 6.54 Å². The molecule has 0 aromatic heterocycles. The van der Waals surface area contributed by atoms with Crippen LogP contribution in [0.4, 0.5) is 5.69 Å². The number of fused-ring (bicyclic) bond motifs is 1. The minimum atomic E-state index is 0.294. The summed E-state index contributed by atoms with van der Waals surface area (Å²) in [5, 5.41) is 6.83. The molecule has 1 atom stereocenters. The van der Waals surface area contributed by atoms with Crippen molar-refractivity contribution in [2.45, 2.75) is 13.0 Å². The highest BCUT2D eigenvalue weighted by molar-refractivity contribution is 5.79. The van der Waals surface area contributed by atoms with Crippen molar-refractivity contribution in [3.63, 3.8) is 0 Å². The molecule has 2 aliphatic heterocycles. The molecule has 1 fully saturated rings. The number of anilines is 1. The maximum absolute atomic E-state index is 5.51. The molecule has 1 unspecified atom stereocenters. The lowest BCUT2D eigenvalue weighted by Gasteiger charge is -2.21. The second-order valence-corrected chi connectivity index (χ2v) is 7.27. The van der Waals surface area contributed by atoms with Crippen molar-refractivity contribution in [3.05, 3.63) is 48.0 Å². The fourth-order valence-electron chi connectivity index (χ4n) is 3.81. The van der Waals surface area contributed by atoms with Gasteiger partial charge in [0.15, 0.2) is 17.5 Å². The van der Waals surface area contributed by atoms with Gasteiger partial charge in [-0.1, -0.05) is 18.2 Å². The number of para-hydroxylation sites is 2. The molecule has 29 heavy (non-hydrogen) atoms. The summed E-state index contributed by atoms with van der Waals surface area (Å²) >= 11 is 0. The zero-order chi connectivity index (χ0) is 20.1. The van der Waals surface area contributed by atoms with Crippen LogP contribution >= 0.6 is 0 Å². The third kappa shape index (κ3) is 4.50. The van der Waals surface area contributed by atoms with Crippen LogP contribution in [0.3, 0.4) is 0 Å². The van der Waals surface area contributed by atoms with Crippen molar-refractivity contribution in [3.8, 4) is 17.2 Å². The molecule has 7 nitrogen and oxygen atoms in total. The van der Waals surface area contributed by atoms with Gasteiger partial charge in [0.05, 0.1) is 12.8 Å². The van der Waals surface area contributed by atoms with Gasteiger partial charge >= 0.3 is 0 Å².